The van der Waals surface area contributed by atoms with Crippen molar-refractivity contribution < 1.29 is 9.59 Å². The Labute approximate surface area is 180 Å². The number of aromatic nitrogens is 2. The van der Waals surface area contributed by atoms with E-state index in [0.717, 1.165) is 31.5 Å². The number of carbonyl (C=O) groups excluding carboxylic acids is 2. The zero-order valence-electron chi connectivity index (χ0n) is 17.9. The first-order chi connectivity index (χ1) is 14.9. The van der Waals surface area contributed by atoms with Crippen molar-refractivity contribution in [3.05, 3.63) is 40.9 Å². The summed E-state index contributed by atoms with van der Waals surface area (Å²) in [4.78, 5) is 35.3. The van der Waals surface area contributed by atoms with Crippen LogP contribution >= 0.6 is 0 Å². The van der Waals surface area contributed by atoms with Gasteiger partial charge in [-0.05, 0) is 50.2 Å². The molecule has 1 saturated heterocycles. The Hall–Kier alpha value is -3.18. The molecule has 2 aliphatic heterocycles. The third kappa shape index (κ3) is 3.20. The van der Waals surface area contributed by atoms with Gasteiger partial charge in [-0.2, -0.15) is 5.26 Å². The van der Waals surface area contributed by atoms with Crippen molar-refractivity contribution in [2.75, 3.05) is 19.6 Å². The maximum absolute atomic E-state index is 13.1. The molecule has 1 fully saturated rings. The van der Waals surface area contributed by atoms with E-state index in [9.17, 15) is 9.59 Å². The van der Waals surface area contributed by atoms with Gasteiger partial charge in [-0.15, -0.1) is 0 Å². The molecule has 2 aromatic heterocycles. The highest BCUT2D eigenvalue weighted by Crippen LogP contribution is 2.47. The van der Waals surface area contributed by atoms with Crippen LogP contribution in [-0.4, -0.2) is 57.2 Å². The molecule has 31 heavy (non-hydrogen) atoms. The number of likely N-dealkylation sites (tertiary alicyclic amines) is 1. The molecule has 0 saturated carbocycles. The SMILES string of the molecule is CC(C)N1NCC2=C1C(=O)CC1(CCN(C(=O)c3cnc4c(C#N)c[nH]c4c3)CC1)C2. The number of fused-ring (bicyclic) bond motifs is 1. The van der Waals surface area contributed by atoms with E-state index in [1.807, 2.05) is 9.91 Å². The molecule has 8 heteroatoms. The van der Waals surface area contributed by atoms with Crippen molar-refractivity contribution in [1.29, 1.82) is 5.26 Å². The number of Topliss-reactive ketones (excluding diaryl/α,β-unsaturated/α-hetero) is 1. The first kappa shape index (κ1) is 19.8. The number of pyridine rings is 1. The van der Waals surface area contributed by atoms with E-state index in [4.69, 9.17) is 5.26 Å². The smallest absolute Gasteiger partial charge is 0.255 e. The van der Waals surface area contributed by atoms with Crippen molar-refractivity contribution in [2.45, 2.75) is 45.6 Å². The monoisotopic (exact) mass is 418 g/mol. The number of aromatic amines is 1. The zero-order chi connectivity index (χ0) is 21.8. The molecule has 1 aliphatic carbocycles. The number of hydrogen-bond acceptors (Lipinski definition) is 6. The number of hydrogen-bond donors (Lipinski definition) is 2. The van der Waals surface area contributed by atoms with E-state index < -0.39 is 0 Å². The van der Waals surface area contributed by atoms with Gasteiger partial charge in [0.05, 0.1) is 22.3 Å². The van der Waals surface area contributed by atoms with E-state index >= 15 is 0 Å². The van der Waals surface area contributed by atoms with Crippen LogP contribution in [0.4, 0.5) is 0 Å². The molecule has 160 valence electrons. The number of nitriles is 1. The Morgan fingerprint density at radius 1 is 1.29 bits per heavy atom. The van der Waals surface area contributed by atoms with Crippen LogP contribution in [0.1, 0.15) is 55.5 Å². The van der Waals surface area contributed by atoms with Gasteiger partial charge in [-0.1, -0.05) is 0 Å². The number of ketones is 1. The molecule has 0 bridgehead atoms. The number of carbonyl (C=O) groups is 2. The lowest BCUT2D eigenvalue weighted by atomic mass is 9.67. The van der Waals surface area contributed by atoms with E-state index in [1.54, 1.807) is 18.5 Å². The minimum atomic E-state index is -0.0482. The minimum absolute atomic E-state index is 0.0370. The van der Waals surface area contributed by atoms with Gasteiger partial charge in [0.15, 0.2) is 5.78 Å². The molecule has 1 amide bonds. The Bertz CT molecular complexity index is 1150. The topological polar surface area (TPSA) is 105 Å². The first-order valence-corrected chi connectivity index (χ1v) is 10.9. The van der Waals surface area contributed by atoms with Crippen molar-refractivity contribution in [3.8, 4) is 6.07 Å². The summed E-state index contributed by atoms with van der Waals surface area (Å²) in [6, 6.07) is 4.11. The van der Waals surface area contributed by atoms with Crippen LogP contribution in [0.3, 0.4) is 0 Å². The van der Waals surface area contributed by atoms with Gasteiger partial charge in [0.2, 0.25) is 0 Å². The van der Waals surface area contributed by atoms with Gasteiger partial charge in [-0.25, -0.2) is 5.43 Å². The summed E-state index contributed by atoms with van der Waals surface area (Å²) in [5.74, 6) is 0.183. The quantitative estimate of drug-likeness (QED) is 0.776. The lowest BCUT2D eigenvalue weighted by Crippen LogP contribution is -2.46. The highest BCUT2D eigenvalue weighted by Gasteiger charge is 2.45. The summed E-state index contributed by atoms with van der Waals surface area (Å²) in [6.45, 7) is 6.21. The second-order valence-corrected chi connectivity index (χ2v) is 9.25. The Morgan fingerprint density at radius 3 is 2.77 bits per heavy atom. The Kier molecular flexibility index (Phi) is 4.59. The normalized spacial score (nSPS) is 20.6. The molecule has 4 heterocycles. The number of allylic oxidation sites excluding steroid dienone is 1. The van der Waals surface area contributed by atoms with E-state index in [-0.39, 0.29) is 23.1 Å². The van der Waals surface area contributed by atoms with Gasteiger partial charge in [0.1, 0.15) is 11.6 Å². The molecule has 3 aliphatic rings. The highest BCUT2D eigenvalue weighted by molar-refractivity contribution is 5.98. The molecule has 0 aromatic carbocycles. The van der Waals surface area contributed by atoms with Crippen molar-refractivity contribution >= 4 is 22.7 Å². The molecule has 2 aromatic rings. The molecule has 5 rings (SSSR count). The van der Waals surface area contributed by atoms with Gasteiger partial charge in [0, 0.05) is 44.5 Å². The molecular weight excluding hydrogens is 392 g/mol. The number of hydrazine groups is 1. The first-order valence-electron chi connectivity index (χ1n) is 10.9. The number of amides is 1. The number of piperidine rings is 1. The molecule has 1 spiro atoms. The Morgan fingerprint density at radius 2 is 2.06 bits per heavy atom. The summed E-state index contributed by atoms with van der Waals surface area (Å²) in [5.41, 5.74) is 7.70. The van der Waals surface area contributed by atoms with Crippen LogP contribution in [0.2, 0.25) is 0 Å². The van der Waals surface area contributed by atoms with Crippen molar-refractivity contribution in [2.24, 2.45) is 5.41 Å². The van der Waals surface area contributed by atoms with Crippen LogP contribution < -0.4 is 5.43 Å². The standard InChI is InChI=1S/C23H26N6O2/c1-14(2)29-21-16(13-27-29)8-23(9-19(21)30)3-5-28(6-4-23)22(31)15-7-18-20(26-11-15)17(10-24)12-25-18/h7,11-12,14,25,27H,3-6,8-9,13H2,1-2H3. The number of rotatable bonds is 2. The summed E-state index contributed by atoms with van der Waals surface area (Å²) in [5, 5.41) is 11.1. The second kappa shape index (κ2) is 7.20. The molecular formula is C23H26N6O2. The molecule has 2 N–H and O–H groups in total. The predicted molar refractivity (Wildman–Crippen MR) is 115 cm³/mol. The lowest BCUT2D eigenvalue weighted by molar-refractivity contribution is -0.121. The van der Waals surface area contributed by atoms with Gasteiger partial charge in [-0.3, -0.25) is 14.6 Å². The van der Waals surface area contributed by atoms with E-state index in [2.05, 4.69) is 35.3 Å². The van der Waals surface area contributed by atoms with Crippen LogP contribution in [-0.2, 0) is 4.79 Å². The highest BCUT2D eigenvalue weighted by atomic mass is 16.2. The summed E-state index contributed by atoms with van der Waals surface area (Å²) >= 11 is 0. The predicted octanol–water partition coefficient (Wildman–Crippen LogP) is 2.50. The lowest BCUT2D eigenvalue weighted by Gasteiger charge is -2.44. The molecule has 0 atom stereocenters. The summed E-state index contributed by atoms with van der Waals surface area (Å²) in [6.07, 6.45) is 6.32. The average Bonchev–Trinajstić information content (AvgIpc) is 3.37. The second-order valence-electron chi connectivity index (χ2n) is 9.25. The van der Waals surface area contributed by atoms with Crippen LogP contribution in [0.15, 0.2) is 29.7 Å². The van der Waals surface area contributed by atoms with Crippen LogP contribution in [0, 0.1) is 16.7 Å². The zero-order valence-corrected chi connectivity index (χ0v) is 17.9. The Balaban J connectivity index is 1.30. The molecule has 8 nitrogen and oxygen atoms in total. The fourth-order valence-electron chi connectivity index (χ4n) is 5.30. The van der Waals surface area contributed by atoms with E-state index in [1.165, 1.54) is 5.57 Å². The number of nitrogens with one attached hydrogen (secondary N) is 2. The largest absolute Gasteiger partial charge is 0.359 e. The third-order valence-corrected chi connectivity index (χ3v) is 6.94. The average molecular weight is 419 g/mol. The number of H-pyrrole nitrogens is 1. The van der Waals surface area contributed by atoms with Gasteiger partial charge >= 0.3 is 0 Å². The fourth-order valence-corrected chi connectivity index (χ4v) is 5.30. The van der Waals surface area contributed by atoms with Crippen molar-refractivity contribution in [1.82, 2.24) is 25.3 Å². The van der Waals surface area contributed by atoms with Crippen molar-refractivity contribution in [3.63, 3.8) is 0 Å². The summed E-state index contributed by atoms with van der Waals surface area (Å²) < 4.78 is 0. The van der Waals surface area contributed by atoms with Crippen LogP contribution in [0.5, 0.6) is 0 Å². The molecule has 0 unspecified atom stereocenters. The maximum atomic E-state index is 13.1. The van der Waals surface area contributed by atoms with Gasteiger partial charge in [0.25, 0.3) is 5.91 Å². The van der Waals surface area contributed by atoms with Gasteiger partial charge < -0.3 is 14.9 Å². The van der Waals surface area contributed by atoms with E-state index in [0.29, 0.717) is 41.7 Å². The van der Waals surface area contributed by atoms with Crippen LogP contribution in [0.25, 0.3) is 11.0 Å². The summed E-state index contributed by atoms with van der Waals surface area (Å²) in [7, 11) is 0. The minimum Gasteiger partial charge on any atom is -0.359 e. The maximum Gasteiger partial charge on any atom is 0.255 e. The third-order valence-electron chi connectivity index (χ3n) is 6.94. The number of nitrogens with zero attached hydrogens (tertiary/aromatic N) is 4. The fraction of sp³-hybridized carbons (Fsp3) is 0.478. The molecule has 0 radical (unpaired) electrons.